The van der Waals surface area contributed by atoms with Crippen LogP contribution in [-0.2, 0) is 11.3 Å². The van der Waals surface area contributed by atoms with E-state index in [0.717, 1.165) is 17.5 Å². The number of nitrogens with one attached hydrogen (secondary N) is 1. The lowest BCUT2D eigenvalue weighted by Crippen LogP contribution is -2.41. The summed E-state index contributed by atoms with van der Waals surface area (Å²) in [5.41, 5.74) is 0.323. The molecule has 1 aromatic heterocycles. The maximum absolute atomic E-state index is 12.4. The molecule has 3 rings (SSSR count). The number of piperidine rings is 1. The summed E-state index contributed by atoms with van der Waals surface area (Å²) in [5, 5.41) is 6.78. The van der Waals surface area contributed by atoms with Crippen LogP contribution in [0, 0.1) is 5.92 Å². The van der Waals surface area contributed by atoms with E-state index in [2.05, 4.69) is 17.3 Å². The van der Waals surface area contributed by atoms with Gasteiger partial charge in [0.2, 0.25) is 5.91 Å². The maximum atomic E-state index is 12.4. The van der Waals surface area contributed by atoms with E-state index >= 15 is 0 Å². The van der Waals surface area contributed by atoms with Gasteiger partial charge in [-0.1, -0.05) is 25.1 Å². The Morgan fingerprint density at radius 2 is 1.81 bits per heavy atom. The molecule has 2 aromatic rings. The van der Waals surface area contributed by atoms with Crippen LogP contribution >= 0.6 is 0 Å². The van der Waals surface area contributed by atoms with Crippen molar-refractivity contribution in [3.8, 4) is 0 Å². The zero-order valence-corrected chi connectivity index (χ0v) is 14.7. The van der Waals surface area contributed by atoms with Gasteiger partial charge in [0, 0.05) is 24.8 Å². The van der Waals surface area contributed by atoms with Gasteiger partial charge in [0.05, 0.1) is 0 Å². The number of hydrogen-bond acceptors (Lipinski definition) is 4. The van der Waals surface area contributed by atoms with Crippen molar-refractivity contribution in [1.82, 2.24) is 14.7 Å². The Hall–Kier alpha value is -2.96. The molecule has 1 saturated heterocycles. The van der Waals surface area contributed by atoms with Gasteiger partial charge in [-0.2, -0.15) is 5.10 Å². The highest BCUT2D eigenvalue weighted by Crippen LogP contribution is 2.16. The van der Waals surface area contributed by atoms with Crippen molar-refractivity contribution in [2.24, 2.45) is 5.92 Å². The van der Waals surface area contributed by atoms with Crippen LogP contribution in [0.3, 0.4) is 0 Å². The number of para-hydroxylation sites is 1. The molecule has 1 aromatic carbocycles. The molecule has 0 radical (unpaired) electrons. The number of aromatic nitrogens is 2. The molecule has 26 heavy (non-hydrogen) atoms. The van der Waals surface area contributed by atoms with E-state index in [-0.39, 0.29) is 18.1 Å². The van der Waals surface area contributed by atoms with Crippen LogP contribution in [0.5, 0.6) is 0 Å². The lowest BCUT2D eigenvalue weighted by atomic mass is 9.99. The van der Waals surface area contributed by atoms with Gasteiger partial charge in [0.25, 0.3) is 11.5 Å². The summed E-state index contributed by atoms with van der Waals surface area (Å²) in [6, 6.07) is 11.6. The van der Waals surface area contributed by atoms with Crippen LogP contribution in [0.2, 0.25) is 0 Å². The lowest BCUT2D eigenvalue weighted by Gasteiger charge is -2.30. The van der Waals surface area contributed by atoms with Crippen LogP contribution < -0.4 is 10.9 Å². The zero-order valence-electron chi connectivity index (χ0n) is 14.7. The molecule has 1 fully saturated rings. The van der Waals surface area contributed by atoms with E-state index in [4.69, 9.17) is 0 Å². The second-order valence-electron chi connectivity index (χ2n) is 6.60. The van der Waals surface area contributed by atoms with Gasteiger partial charge in [0.15, 0.2) is 0 Å². The molecule has 0 spiro atoms. The fourth-order valence-electron chi connectivity index (χ4n) is 2.89. The van der Waals surface area contributed by atoms with E-state index in [0.29, 0.717) is 24.7 Å². The van der Waals surface area contributed by atoms with Gasteiger partial charge in [0.1, 0.15) is 12.2 Å². The minimum atomic E-state index is -0.427. The Labute approximate surface area is 151 Å². The first-order chi connectivity index (χ1) is 12.5. The number of benzene rings is 1. The third-order valence-corrected chi connectivity index (χ3v) is 4.55. The summed E-state index contributed by atoms with van der Waals surface area (Å²) in [5.74, 6) is 0.0428. The maximum Gasteiger partial charge on any atom is 0.276 e. The summed E-state index contributed by atoms with van der Waals surface area (Å²) in [6.45, 7) is 3.41. The van der Waals surface area contributed by atoms with E-state index in [1.165, 1.54) is 12.1 Å². The monoisotopic (exact) mass is 354 g/mol. The quantitative estimate of drug-likeness (QED) is 0.907. The van der Waals surface area contributed by atoms with Crippen molar-refractivity contribution >= 4 is 17.5 Å². The van der Waals surface area contributed by atoms with Gasteiger partial charge in [-0.15, -0.1) is 0 Å². The van der Waals surface area contributed by atoms with Gasteiger partial charge in [-0.05, 0) is 37.0 Å². The fraction of sp³-hybridized carbons (Fsp3) is 0.368. The average molecular weight is 354 g/mol. The summed E-state index contributed by atoms with van der Waals surface area (Å²) in [6.07, 6.45) is 1.93. The molecule has 1 aliphatic heterocycles. The molecule has 0 unspecified atom stereocenters. The number of amides is 2. The molecule has 0 atom stereocenters. The summed E-state index contributed by atoms with van der Waals surface area (Å²) in [7, 11) is 0. The first-order valence-corrected chi connectivity index (χ1v) is 8.75. The standard InChI is InChI=1S/C19H22N4O3/c1-14-9-11-22(12-10-14)18(25)13-23-17(24)8-7-16(21-23)19(26)20-15-5-3-2-4-6-15/h2-8,14H,9-13H2,1H3,(H,20,26). The Morgan fingerprint density at radius 3 is 2.50 bits per heavy atom. The van der Waals surface area contributed by atoms with Crippen molar-refractivity contribution in [3.05, 3.63) is 58.5 Å². The molecule has 0 aliphatic carbocycles. The van der Waals surface area contributed by atoms with Crippen LogP contribution in [0.4, 0.5) is 5.69 Å². The number of anilines is 1. The Kier molecular flexibility index (Phi) is 5.46. The molecule has 0 saturated carbocycles. The average Bonchev–Trinajstić information content (AvgIpc) is 2.64. The van der Waals surface area contributed by atoms with Crippen LogP contribution in [0.25, 0.3) is 0 Å². The number of likely N-dealkylation sites (tertiary alicyclic amines) is 1. The Balaban J connectivity index is 1.70. The van der Waals surface area contributed by atoms with Gasteiger partial charge in [-0.25, -0.2) is 4.68 Å². The van der Waals surface area contributed by atoms with Crippen LogP contribution in [0.15, 0.2) is 47.3 Å². The topological polar surface area (TPSA) is 84.3 Å². The van der Waals surface area contributed by atoms with Crippen LogP contribution in [0.1, 0.15) is 30.3 Å². The fourth-order valence-corrected chi connectivity index (χ4v) is 2.89. The number of carbonyl (C=O) groups excluding carboxylic acids is 2. The summed E-state index contributed by atoms with van der Waals surface area (Å²) in [4.78, 5) is 38.5. The van der Waals surface area contributed by atoms with Crippen LogP contribution in [-0.4, -0.2) is 39.6 Å². The minimum absolute atomic E-state index is 0.0912. The Bertz CT molecular complexity index is 839. The highest BCUT2D eigenvalue weighted by molar-refractivity contribution is 6.02. The SMILES string of the molecule is CC1CCN(C(=O)Cn2nc(C(=O)Nc3ccccc3)ccc2=O)CC1. The smallest absolute Gasteiger partial charge is 0.276 e. The first kappa shape index (κ1) is 17.8. The van der Waals surface area contributed by atoms with Crippen molar-refractivity contribution in [3.63, 3.8) is 0 Å². The van der Waals surface area contributed by atoms with Crippen molar-refractivity contribution in [1.29, 1.82) is 0 Å². The normalized spacial score (nSPS) is 14.9. The zero-order chi connectivity index (χ0) is 18.5. The third-order valence-electron chi connectivity index (χ3n) is 4.55. The van der Waals surface area contributed by atoms with E-state index < -0.39 is 11.5 Å². The molecular formula is C19H22N4O3. The molecule has 7 nitrogen and oxygen atoms in total. The number of rotatable bonds is 4. The van der Waals surface area contributed by atoms with Gasteiger partial charge >= 0.3 is 0 Å². The van der Waals surface area contributed by atoms with E-state index in [1.807, 2.05) is 18.2 Å². The van der Waals surface area contributed by atoms with Gasteiger partial charge < -0.3 is 10.2 Å². The molecule has 7 heteroatoms. The highest BCUT2D eigenvalue weighted by Gasteiger charge is 2.21. The number of hydrogen-bond donors (Lipinski definition) is 1. The van der Waals surface area contributed by atoms with E-state index in [1.54, 1.807) is 17.0 Å². The Morgan fingerprint density at radius 1 is 1.12 bits per heavy atom. The molecule has 2 amide bonds. The predicted octanol–water partition coefficient (Wildman–Crippen LogP) is 1.75. The van der Waals surface area contributed by atoms with Crippen molar-refractivity contribution < 1.29 is 9.59 Å². The largest absolute Gasteiger partial charge is 0.341 e. The highest BCUT2D eigenvalue weighted by atomic mass is 16.2. The number of carbonyl (C=O) groups is 2. The summed E-state index contributed by atoms with van der Waals surface area (Å²) < 4.78 is 1.06. The minimum Gasteiger partial charge on any atom is -0.341 e. The molecule has 0 bridgehead atoms. The van der Waals surface area contributed by atoms with Crippen molar-refractivity contribution in [2.45, 2.75) is 26.3 Å². The second-order valence-corrected chi connectivity index (χ2v) is 6.60. The predicted molar refractivity (Wildman–Crippen MR) is 97.9 cm³/mol. The van der Waals surface area contributed by atoms with Gasteiger partial charge in [-0.3, -0.25) is 14.4 Å². The lowest BCUT2D eigenvalue weighted by molar-refractivity contribution is -0.133. The van der Waals surface area contributed by atoms with Crippen molar-refractivity contribution in [2.75, 3.05) is 18.4 Å². The third kappa shape index (κ3) is 4.36. The first-order valence-electron chi connectivity index (χ1n) is 8.75. The second kappa shape index (κ2) is 7.95. The molecule has 1 aliphatic rings. The van der Waals surface area contributed by atoms with E-state index in [9.17, 15) is 14.4 Å². The molecular weight excluding hydrogens is 332 g/mol. The molecule has 136 valence electrons. The summed E-state index contributed by atoms with van der Waals surface area (Å²) >= 11 is 0. The molecule has 2 heterocycles. The molecule has 1 N–H and O–H groups in total. The number of nitrogens with zero attached hydrogens (tertiary/aromatic N) is 3.